The summed E-state index contributed by atoms with van der Waals surface area (Å²) < 4.78 is 38.2. The minimum absolute atomic E-state index is 0.0501. The first-order valence-electron chi connectivity index (χ1n) is 9.54. The van der Waals surface area contributed by atoms with Crippen molar-refractivity contribution in [3.63, 3.8) is 0 Å². The van der Waals surface area contributed by atoms with Crippen molar-refractivity contribution in [2.75, 3.05) is 31.6 Å². The highest BCUT2D eigenvalue weighted by atomic mass is 32.2. The predicted octanol–water partition coefficient (Wildman–Crippen LogP) is 3.06. The Morgan fingerprint density at radius 1 is 1.10 bits per heavy atom. The Morgan fingerprint density at radius 3 is 2.38 bits per heavy atom. The van der Waals surface area contributed by atoms with Crippen molar-refractivity contribution in [2.45, 2.75) is 31.8 Å². The lowest BCUT2D eigenvalue weighted by molar-refractivity contribution is 0.0730. The van der Waals surface area contributed by atoms with E-state index in [1.165, 1.54) is 10.4 Å². The number of hydrogen-bond donors (Lipinski definition) is 1. The summed E-state index contributed by atoms with van der Waals surface area (Å²) in [7, 11) is -3.65. The number of nitrogens with zero attached hydrogens (tertiary/aromatic N) is 1. The Balaban J connectivity index is 1.78. The summed E-state index contributed by atoms with van der Waals surface area (Å²) in [5.41, 5.74) is 1.51. The average molecular weight is 419 g/mol. The lowest BCUT2D eigenvalue weighted by Gasteiger charge is -2.26. The Hall–Kier alpha value is -2.42. The highest BCUT2D eigenvalue weighted by Crippen LogP contribution is 2.25. The maximum Gasteiger partial charge on any atom is 0.255 e. The van der Waals surface area contributed by atoms with E-state index in [4.69, 9.17) is 9.47 Å². The van der Waals surface area contributed by atoms with Crippen molar-refractivity contribution >= 4 is 21.6 Å². The van der Waals surface area contributed by atoms with E-state index in [0.29, 0.717) is 48.9 Å². The number of rotatable bonds is 6. The molecule has 0 saturated carbocycles. The largest absolute Gasteiger partial charge is 0.491 e. The SMILES string of the molecule is Cc1ccc(NC(=O)c2ccc(OC(C)C)cc2)cc1S(=O)(=O)N1CCOCC1. The van der Waals surface area contributed by atoms with E-state index < -0.39 is 10.0 Å². The van der Waals surface area contributed by atoms with Crippen molar-refractivity contribution in [1.29, 1.82) is 0 Å². The summed E-state index contributed by atoms with van der Waals surface area (Å²) in [6.07, 6.45) is 0.0501. The minimum Gasteiger partial charge on any atom is -0.491 e. The molecule has 1 fully saturated rings. The van der Waals surface area contributed by atoms with E-state index in [1.54, 1.807) is 43.3 Å². The maximum atomic E-state index is 13.0. The fourth-order valence-electron chi connectivity index (χ4n) is 3.04. The molecule has 2 aromatic rings. The van der Waals surface area contributed by atoms with Gasteiger partial charge in [-0.25, -0.2) is 8.42 Å². The van der Waals surface area contributed by atoms with E-state index >= 15 is 0 Å². The zero-order valence-electron chi connectivity index (χ0n) is 16.8. The molecule has 8 heteroatoms. The molecule has 1 N–H and O–H groups in total. The molecule has 0 radical (unpaired) electrons. The van der Waals surface area contributed by atoms with Gasteiger partial charge in [0.25, 0.3) is 5.91 Å². The number of hydrogen-bond acceptors (Lipinski definition) is 5. The number of anilines is 1. The van der Waals surface area contributed by atoms with E-state index in [0.717, 1.165) is 0 Å². The molecule has 7 nitrogen and oxygen atoms in total. The number of ether oxygens (including phenoxy) is 2. The van der Waals surface area contributed by atoms with Crippen molar-refractivity contribution < 1.29 is 22.7 Å². The van der Waals surface area contributed by atoms with Crippen LogP contribution in [0.25, 0.3) is 0 Å². The Labute approximate surface area is 171 Å². The van der Waals surface area contributed by atoms with Crippen LogP contribution in [0.2, 0.25) is 0 Å². The lowest BCUT2D eigenvalue weighted by Crippen LogP contribution is -2.40. The molecule has 1 amide bonds. The molecule has 0 unspecified atom stereocenters. The van der Waals surface area contributed by atoms with Crippen LogP contribution in [0.4, 0.5) is 5.69 Å². The zero-order valence-corrected chi connectivity index (χ0v) is 17.7. The van der Waals surface area contributed by atoms with Gasteiger partial charge in [0.15, 0.2) is 0 Å². The molecule has 2 aromatic carbocycles. The van der Waals surface area contributed by atoms with E-state index in [9.17, 15) is 13.2 Å². The van der Waals surface area contributed by atoms with Gasteiger partial charge in [0.2, 0.25) is 10.0 Å². The minimum atomic E-state index is -3.65. The molecule has 156 valence electrons. The van der Waals surface area contributed by atoms with Crippen molar-refractivity contribution in [1.82, 2.24) is 4.31 Å². The highest BCUT2D eigenvalue weighted by molar-refractivity contribution is 7.89. The van der Waals surface area contributed by atoms with Gasteiger partial charge < -0.3 is 14.8 Å². The molecule has 1 aliphatic heterocycles. The van der Waals surface area contributed by atoms with Gasteiger partial charge in [-0.3, -0.25) is 4.79 Å². The van der Waals surface area contributed by atoms with Crippen molar-refractivity contribution in [3.8, 4) is 5.75 Å². The zero-order chi connectivity index (χ0) is 21.0. The van der Waals surface area contributed by atoms with Crippen LogP contribution in [-0.2, 0) is 14.8 Å². The van der Waals surface area contributed by atoms with Gasteiger partial charge in [-0.05, 0) is 62.7 Å². The summed E-state index contributed by atoms with van der Waals surface area (Å²) >= 11 is 0. The second-order valence-electron chi connectivity index (χ2n) is 7.14. The number of amides is 1. The van der Waals surface area contributed by atoms with Crippen LogP contribution >= 0.6 is 0 Å². The Morgan fingerprint density at radius 2 is 1.76 bits per heavy atom. The van der Waals surface area contributed by atoms with Crippen LogP contribution < -0.4 is 10.1 Å². The van der Waals surface area contributed by atoms with Gasteiger partial charge >= 0.3 is 0 Å². The molecule has 0 spiro atoms. The number of nitrogens with one attached hydrogen (secondary N) is 1. The fraction of sp³-hybridized carbons (Fsp3) is 0.381. The first kappa shape index (κ1) is 21.3. The fourth-order valence-corrected chi connectivity index (χ4v) is 4.70. The van der Waals surface area contributed by atoms with Gasteiger partial charge in [0.1, 0.15) is 5.75 Å². The molecule has 29 heavy (non-hydrogen) atoms. The normalized spacial score (nSPS) is 15.3. The van der Waals surface area contributed by atoms with Gasteiger partial charge in [-0.15, -0.1) is 0 Å². The smallest absolute Gasteiger partial charge is 0.255 e. The number of morpholine rings is 1. The second kappa shape index (κ2) is 8.94. The maximum absolute atomic E-state index is 13.0. The number of carbonyl (C=O) groups is 1. The third kappa shape index (κ3) is 5.14. The third-order valence-corrected chi connectivity index (χ3v) is 6.56. The number of benzene rings is 2. The summed E-state index contributed by atoms with van der Waals surface area (Å²) in [5, 5.41) is 2.77. The van der Waals surface area contributed by atoms with Crippen molar-refractivity contribution in [3.05, 3.63) is 53.6 Å². The quantitative estimate of drug-likeness (QED) is 0.779. The predicted molar refractivity (Wildman–Crippen MR) is 111 cm³/mol. The summed E-state index contributed by atoms with van der Waals surface area (Å²) in [6, 6.07) is 11.7. The third-order valence-electron chi connectivity index (χ3n) is 4.52. The second-order valence-corrected chi connectivity index (χ2v) is 9.05. The van der Waals surface area contributed by atoms with Crippen LogP contribution in [0.15, 0.2) is 47.4 Å². The summed E-state index contributed by atoms with van der Waals surface area (Å²) in [4.78, 5) is 12.8. The van der Waals surface area contributed by atoms with Gasteiger partial charge in [-0.2, -0.15) is 4.31 Å². The van der Waals surface area contributed by atoms with Crippen LogP contribution in [0.1, 0.15) is 29.8 Å². The van der Waals surface area contributed by atoms with Crippen LogP contribution in [0, 0.1) is 6.92 Å². The average Bonchev–Trinajstić information content (AvgIpc) is 2.70. The first-order valence-corrected chi connectivity index (χ1v) is 11.0. The molecule has 0 bridgehead atoms. The van der Waals surface area contributed by atoms with Crippen LogP contribution in [0.3, 0.4) is 0 Å². The standard InChI is InChI=1S/C21H26N2O5S/c1-15(2)28-19-8-5-17(6-9-19)21(24)22-18-7-4-16(3)20(14-18)29(25,26)23-10-12-27-13-11-23/h4-9,14-15H,10-13H2,1-3H3,(H,22,24). The van der Waals surface area contributed by atoms with Crippen molar-refractivity contribution in [2.24, 2.45) is 0 Å². The molecular weight excluding hydrogens is 392 g/mol. The molecule has 1 heterocycles. The summed E-state index contributed by atoms with van der Waals surface area (Å²) in [5.74, 6) is 0.366. The lowest BCUT2D eigenvalue weighted by atomic mass is 10.2. The number of aryl methyl sites for hydroxylation is 1. The molecule has 0 atom stereocenters. The van der Waals surface area contributed by atoms with Crippen LogP contribution in [0.5, 0.6) is 5.75 Å². The van der Waals surface area contributed by atoms with E-state index in [1.807, 2.05) is 13.8 Å². The van der Waals surface area contributed by atoms with Gasteiger partial charge in [-0.1, -0.05) is 6.07 Å². The topological polar surface area (TPSA) is 84.9 Å². The number of sulfonamides is 1. The number of carbonyl (C=O) groups excluding carboxylic acids is 1. The van der Waals surface area contributed by atoms with Gasteiger partial charge in [0.05, 0.1) is 24.2 Å². The molecule has 1 aliphatic rings. The molecular formula is C21H26N2O5S. The van der Waals surface area contributed by atoms with Gasteiger partial charge in [0, 0.05) is 24.3 Å². The highest BCUT2D eigenvalue weighted by Gasteiger charge is 2.28. The monoisotopic (exact) mass is 418 g/mol. The molecule has 0 aromatic heterocycles. The molecule has 3 rings (SSSR count). The van der Waals surface area contributed by atoms with Crippen LogP contribution in [-0.4, -0.2) is 51.0 Å². The molecule has 0 aliphatic carbocycles. The first-order chi connectivity index (χ1) is 13.8. The summed E-state index contributed by atoms with van der Waals surface area (Å²) in [6.45, 7) is 7.01. The molecule has 1 saturated heterocycles. The van der Waals surface area contributed by atoms with E-state index in [-0.39, 0.29) is 16.9 Å². The van der Waals surface area contributed by atoms with E-state index in [2.05, 4.69) is 5.32 Å². The Bertz CT molecular complexity index is 965. The Kier molecular flexibility index (Phi) is 6.56.